The number of primary amides is 2. The number of aliphatic hydroxyl groups excluding tert-OH is 2. The average Bonchev–Trinajstić information content (AvgIpc) is 2.70. The van der Waals surface area contributed by atoms with Gasteiger partial charge in [-0.05, 0) is 19.8 Å². The van der Waals surface area contributed by atoms with Gasteiger partial charge >= 0.3 is 5.97 Å². The number of amides is 5. The van der Waals surface area contributed by atoms with Gasteiger partial charge in [0.25, 0.3) is 0 Å². The van der Waals surface area contributed by atoms with Crippen LogP contribution in [0.4, 0.5) is 0 Å². The molecule has 5 atom stereocenters. The van der Waals surface area contributed by atoms with Gasteiger partial charge in [-0.3, -0.25) is 24.0 Å². The zero-order valence-electron chi connectivity index (χ0n) is 17.4. The number of carbonyl (C=O) groups excluding carboxylic acids is 5. The van der Waals surface area contributed by atoms with Gasteiger partial charge in [0.05, 0.1) is 12.7 Å². The number of carboxylic acid groups (broad SMARTS) is 1. The molecule has 5 amide bonds. The average molecular weight is 462 g/mol. The van der Waals surface area contributed by atoms with Gasteiger partial charge < -0.3 is 48.5 Å². The first-order valence-electron chi connectivity index (χ1n) is 9.55. The summed E-state index contributed by atoms with van der Waals surface area (Å²) in [5, 5.41) is 33.9. The Labute approximate surface area is 183 Å². The van der Waals surface area contributed by atoms with Crippen LogP contribution in [-0.4, -0.2) is 87.7 Å². The number of rotatable bonds is 15. The van der Waals surface area contributed by atoms with Gasteiger partial charge in [0.2, 0.25) is 29.5 Å². The fourth-order valence-electron chi connectivity index (χ4n) is 2.33. The third-order valence-corrected chi connectivity index (χ3v) is 4.24. The molecule has 0 heterocycles. The van der Waals surface area contributed by atoms with Crippen molar-refractivity contribution in [1.82, 2.24) is 16.0 Å². The SMILES string of the molecule is CC(O)C(N)C(=O)NC(CCC(N)=O)C(=O)NC(CCC(N)=O)C(=O)NC(CO)C(=O)O. The molecule has 5 unspecified atom stereocenters. The Balaban J connectivity index is 5.55. The minimum absolute atomic E-state index is 0.280. The maximum Gasteiger partial charge on any atom is 0.328 e. The molecule has 0 fully saturated rings. The number of carbonyl (C=O) groups is 6. The zero-order valence-corrected chi connectivity index (χ0v) is 17.4. The largest absolute Gasteiger partial charge is 0.480 e. The van der Waals surface area contributed by atoms with E-state index in [0.29, 0.717) is 0 Å². The Morgan fingerprint density at radius 2 is 1.16 bits per heavy atom. The zero-order chi connectivity index (χ0) is 25.0. The second kappa shape index (κ2) is 13.9. The highest BCUT2D eigenvalue weighted by atomic mass is 16.4. The van der Waals surface area contributed by atoms with Crippen molar-refractivity contribution in [3.05, 3.63) is 0 Å². The highest BCUT2D eigenvalue weighted by Gasteiger charge is 2.31. The number of aliphatic hydroxyl groups is 2. The van der Waals surface area contributed by atoms with Crippen molar-refractivity contribution in [3.63, 3.8) is 0 Å². The molecule has 182 valence electrons. The summed E-state index contributed by atoms with van der Waals surface area (Å²) in [7, 11) is 0. The molecule has 0 aromatic rings. The molecule has 0 radical (unpaired) electrons. The van der Waals surface area contributed by atoms with E-state index in [1.54, 1.807) is 0 Å². The molecule has 0 aromatic heterocycles. The van der Waals surface area contributed by atoms with E-state index in [-0.39, 0.29) is 25.7 Å². The van der Waals surface area contributed by atoms with Crippen LogP contribution in [0.3, 0.4) is 0 Å². The third kappa shape index (κ3) is 10.6. The molecule has 0 saturated heterocycles. The molecular formula is C17H30N6O9. The number of aliphatic carboxylic acids is 1. The minimum Gasteiger partial charge on any atom is -0.480 e. The molecule has 0 saturated carbocycles. The minimum atomic E-state index is -1.68. The van der Waals surface area contributed by atoms with E-state index in [0.717, 1.165) is 0 Å². The lowest BCUT2D eigenvalue weighted by Gasteiger charge is -2.25. The summed E-state index contributed by atoms with van der Waals surface area (Å²) in [5.41, 5.74) is 15.6. The van der Waals surface area contributed by atoms with Crippen molar-refractivity contribution in [1.29, 1.82) is 0 Å². The smallest absolute Gasteiger partial charge is 0.328 e. The molecule has 0 aliphatic carbocycles. The van der Waals surface area contributed by atoms with Gasteiger partial charge in [0.15, 0.2) is 0 Å². The summed E-state index contributed by atoms with van der Waals surface area (Å²) in [6.07, 6.45) is -2.55. The summed E-state index contributed by atoms with van der Waals surface area (Å²) in [6, 6.07) is -5.95. The number of hydrogen-bond acceptors (Lipinski definition) is 9. The van der Waals surface area contributed by atoms with Crippen LogP contribution in [0, 0.1) is 0 Å². The number of nitrogens with two attached hydrogens (primary N) is 3. The second-order valence-corrected chi connectivity index (χ2v) is 6.98. The van der Waals surface area contributed by atoms with E-state index in [4.69, 9.17) is 27.4 Å². The Bertz CT molecular complexity index is 715. The van der Waals surface area contributed by atoms with Crippen molar-refractivity contribution in [2.45, 2.75) is 62.9 Å². The lowest BCUT2D eigenvalue weighted by molar-refractivity contribution is -0.143. The molecular weight excluding hydrogens is 432 g/mol. The number of carboxylic acids is 1. The van der Waals surface area contributed by atoms with Gasteiger partial charge in [0.1, 0.15) is 24.2 Å². The van der Waals surface area contributed by atoms with E-state index in [1.165, 1.54) is 6.92 Å². The molecule has 15 nitrogen and oxygen atoms in total. The molecule has 0 aromatic carbocycles. The second-order valence-electron chi connectivity index (χ2n) is 6.98. The van der Waals surface area contributed by atoms with Gasteiger partial charge in [-0.2, -0.15) is 0 Å². The van der Waals surface area contributed by atoms with E-state index < -0.39 is 72.4 Å². The highest BCUT2D eigenvalue weighted by Crippen LogP contribution is 2.04. The van der Waals surface area contributed by atoms with Crippen LogP contribution in [0.5, 0.6) is 0 Å². The first-order valence-corrected chi connectivity index (χ1v) is 9.55. The molecule has 32 heavy (non-hydrogen) atoms. The fraction of sp³-hybridized carbons (Fsp3) is 0.647. The first-order chi connectivity index (χ1) is 14.8. The summed E-state index contributed by atoms with van der Waals surface area (Å²) >= 11 is 0. The van der Waals surface area contributed by atoms with Crippen molar-refractivity contribution in [2.24, 2.45) is 17.2 Å². The van der Waals surface area contributed by atoms with Crippen molar-refractivity contribution < 1.29 is 44.1 Å². The molecule has 15 heteroatoms. The first kappa shape index (κ1) is 28.7. The van der Waals surface area contributed by atoms with Crippen LogP contribution in [0.15, 0.2) is 0 Å². The standard InChI is InChI=1S/C17H30N6O9/c1-7(25)13(20)16(30)22-9(3-5-12(19)27)14(28)21-8(2-4-11(18)26)15(29)23-10(6-24)17(31)32/h7-10,13,24-25H,2-6,20H2,1H3,(H2,18,26)(H2,19,27)(H,21,28)(H,22,30)(H,23,29)(H,31,32). The third-order valence-electron chi connectivity index (χ3n) is 4.24. The van der Waals surface area contributed by atoms with Crippen molar-refractivity contribution in [2.75, 3.05) is 6.61 Å². The fourth-order valence-corrected chi connectivity index (χ4v) is 2.33. The van der Waals surface area contributed by atoms with Crippen LogP contribution < -0.4 is 33.2 Å². The van der Waals surface area contributed by atoms with Crippen LogP contribution in [0.2, 0.25) is 0 Å². The number of hydrogen-bond donors (Lipinski definition) is 9. The van der Waals surface area contributed by atoms with Gasteiger partial charge in [-0.1, -0.05) is 0 Å². The summed E-state index contributed by atoms with van der Waals surface area (Å²) < 4.78 is 0. The van der Waals surface area contributed by atoms with Crippen LogP contribution in [0.1, 0.15) is 32.6 Å². The molecule has 12 N–H and O–H groups in total. The Hall–Kier alpha value is -3.30. The van der Waals surface area contributed by atoms with Gasteiger partial charge in [-0.15, -0.1) is 0 Å². The monoisotopic (exact) mass is 462 g/mol. The molecule has 0 aliphatic rings. The van der Waals surface area contributed by atoms with E-state index in [1.807, 2.05) is 5.32 Å². The summed E-state index contributed by atoms with van der Waals surface area (Å²) in [4.78, 5) is 70.4. The van der Waals surface area contributed by atoms with Crippen LogP contribution >= 0.6 is 0 Å². The maximum absolute atomic E-state index is 12.7. The van der Waals surface area contributed by atoms with Gasteiger partial charge in [-0.25, -0.2) is 4.79 Å². The topological polar surface area (TPSA) is 277 Å². The van der Waals surface area contributed by atoms with Crippen molar-refractivity contribution in [3.8, 4) is 0 Å². The lowest BCUT2D eigenvalue weighted by atomic mass is 10.1. The maximum atomic E-state index is 12.7. The predicted octanol–water partition coefficient (Wildman–Crippen LogP) is -5.24. The number of nitrogens with one attached hydrogen (secondary N) is 3. The Morgan fingerprint density at radius 3 is 1.47 bits per heavy atom. The van der Waals surface area contributed by atoms with Crippen LogP contribution in [-0.2, 0) is 28.8 Å². The normalized spacial score (nSPS) is 15.4. The predicted molar refractivity (Wildman–Crippen MR) is 107 cm³/mol. The quantitative estimate of drug-likeness (QED) is 0.111. The Morgan fingerprint density at radius 1 is 0.781 bits per heavy atom. The highest BCUT2D eigenvalue weighted by molar-refractivity contribution is 5.94. The molecule has 0 spiro atoms. The lowest BCUT2D eigenvalue weighted by Crippen LogP contribution is -2.58. The molecule has 0 rings (SSSR count). The summed E-state index contributed by atoms with van der Waals surface area (Å²) in [5.74, 6) is -6.07. The van der Waals surface area contributed by atoms with E-state index >= 15 is 0 Å². The van der Waals surface area contributed by atoms with Crippen LogP contribution in [0.25, 0.3) is 0 Å². The Kier molecular flexibility index (Phi) is 12.5. The van der Waals surface area contributed by atoms with E-state index in [2.05, 4.69) is 10.6 Å². The van der Waals surface area contributed by atoms with E-state index in [9.17, 15) is 33.9 Å². The summed E-state index contributed by atoms with van der Waals surface area (Å²) in [6.45, 7) is 0.305. The molecule has 0 bridgehead atoms. The van der Waals surface area contributed by atoms with Gasteiger partial charge in [0, 0.05) is 12.8 Å². The molecule has 0 aliphatic heterocycles. The van der Waals surface area contributed by atoms with Crippen molar-refractivity contribution >= 4 is 35.5 Å².